The van der Waals surface area contributed by atoms with Crippen LogP contribution in [-0.4, -0.2) is 36.2 Å². The predicted octanol–water partition coefficient (Wildman–Crippen LogP) is 0.961. The Labute approximate surface area is 109 Å². The van der Waals surface area contributed by atoms with E-state index in [1.165, 1.54) is 19.1 Å². The summed E-state index contributed by atoms with van der Waals surface area (Å²) in [6.45, 7) is 0.961. The Hall–Kier alpha value is -2.37. The van der Waals surface area contributed by atoms with Crippen LogP contribution >= 0.6 is 0 Å². The summed E-state index contributed by atoms with van der Waals surface area (Å²) in [5.41, 5.74) is 0.340. The lowest BCUT2D eigenvalue weighted by Gasteiger charge is -2.12. The zero-order chi connectivity index (χ0) is 14.3. The molecule has 0 aromatic heterocycles. The van der Waals surface area contributed by atoms with Gasteiger partial charge in [0.15, 0.2) is 5.92 Å². The van der Waals surface area contributed by atoms with Crippen LogP contribution in [0.4, 0.5) is 0 Å². The van der Waals surface area contributed by atoms with Crippen LogP contribution < -0.4 is 0 Å². The van der Waals surface area contributed by atoms with Crippen LogP contribution in [-0.2, 0) is 23.9 Å². The second-order valence-electron chi connectivity index (χ2n) is 3.69. The number of aliphatic carboxylic acids is 1. The minimum absolute atomic E-state index is 0.0950. The maximum atomic E-state index is 11.7. The van der Waals surface area contributed by atoms with Gasteiger partial charge in [0.25, 0.3) is 0 Å². The van der Waals surface area contributed by atoms with Gasteiger partial charge in [0.2, 0.25) is 0 Å². The maximum Gasteiger partial charge on any atom is 0.325 e. The van der Waals surface area contributed by atoms with Gasteiger partial charge in [-0.15, -0.1) is 0 Å². The van der Waals surface area contributed by atoms with Crippen molar-refractivity contribution in [1.29, 1.82) is 0 Å². The van der Waals surface area contributed by atoms with Crippen LogP contribution in [0.2, 0.25) is 0 Å². The molecule has 0 fully saturated rings. The summed E-state index contributed by atoms with van der Waals surface area (Å²) in [4.78, 5) is 33.3. The number of carboxylic acids is 1. The molecule has 19 heavy (non-hydrogen) atoms. The number of benzene rings is 1. The van der Waals surface area contributed by atoms with Gasteiger partial charge in [-0.3, -0.25) is 14.4 Å². The monoisotopic (exact) mass is 266 g/mol. The van der Waals surface area contributed by atoms with E-state index in [4.69, 9.17) is 9.84 Å². The summed E-state index contributed by atoms with van der Waals surface area (Å²) in [5.74, 6) is -4.04. The highest BCUT2D eigenvalue weighted by Gasteiger charge is 2.29. The molecule has 0 bridgehead atoms. The number of hydrogen-bond donors (Lipinski definition) is 1. The zero-order valence-corrected chi connectivity index (χ0v) is 10.4. The Morgan fingerprint density at radius 2 is 1.68 bits per heavy atom. The lowest BCUT2D eigenvalue weighted by atomic mass is 10.00. The van der Waals surface area contributed by atoms with E-state index in [1.807, 2.05) is 0 Å². The highest BCUT2D eigenvalue weighted by Crippen LogP contribution is 2.17. The third-order valence-corrected chi connectivity index (χ3v) is 2.25. The van der Waals surface area contributed by atoms with Crippen molar-refractivity contribution >= 4 is 17.9 Å². The molecule has 102 valence electrons. The van der Waals surface area contributed by atoms with Crippen LogP contribution in [0, 0.1) is 0 Å². The molecule has 0 aliphatic heterocycles. The van der Waals surface area contributed by atoms with Crippen LogP contribution in [0.15, 0.2) is 30.3 Å². The fraction of sp³-hybridized carbons (Fsp3) is 0.308. The predicted molar refractivity (Wildman–Crippen MR) is 64.4 cm³/mol. The lowest BCUT2D eigenvalue weighted by Crippen LogP contribution is -2.25. The van der Waals surface area contributed by atoms with Crippen LogP contribution in [0.3, 0.4) is 0 Å². The largest absolute Gasteiger partial charge is 0.480 e. The molecule has 0 radical (unpaired) electrons. The fourth-order valence-electron chi connectivity index (χ4n) is 1.44. The van der Waals surface area contributed by atoms with Crippen molar-refractivity contribution in [3.63, 3.8) is 0 Å². The quantitative estimate of drug-likeness (QED) is 0.468. The second-order valence-corrected chi connectivity index (χ2v) is 3.69. The fourth-order valence-corrected chi connectivity index (χ4v) is 1.44. The summed E-state index contributed by atoms with van der Waals surface area (Å²) in [7, 11) is 0. The number of ether oxygens (including phenoxy) is 2. The first kappa shape index (κ1) is 14.7. The summed E-state index contributed by atoms with van der Waals surface area (Å²) in [6, 6.07) is 8.06. The Morgan fingerprint density at radius 1 is 1.11 bits per heavy atom. The summed E-state index contributed by atoms with van der Waals surface area (Å²) in [6.07, 6.45) is 0. The van der Waals surface area contributed by atoms with Crippen LogP contribution in [0.5, 0.6) is 0 Å². The number of carbonyl (C=O) groups excluding carboxylic acids is 2. The molecule has 0 aliphatic carbocycles. The van der Waals surface area contributed by atoms with Gasteiger partial charge in [-0.2, -0.15) is 0 Å². The highest BCUT2D eigenvalue weighted by molar-refractivity contribution is 5.99. The molecular weight excluding hydrogens is 252 g/mol. The third-order valence-electron chi connectivity index (χ3n) is 2.25. The Balaban J connectivity index is 2.60. The first-order valence-corrected chi connectivity index (χ1v) is 5.60. The molecule has 6 nitrogen and oxygen atoms in total. The molecule has 1 unspecified atom stereocenters. The highest BCUT2D eigenvalue weighted by atomic mass is 16.6. The Morgan fingerprint density at radius 3 is 2.21 bits per heavy atom. The van der Waals surface area contributed by atoms with Crippen LogP contribution in [0.25, 0.3) is 0 Å². The Bertz CT molecular complexity index is 453. The van der Waals surface area contributed by atoms with Crippen molar-refractivity contribution in [1.82, 2.24) is 0 Å². The number of carbonyl (C=O) groups is 3. The van der Waals surface area contributed by atoms with E-state index in [-0.39, 0.29) is 13.2 Å². The van der Waals surface area contributed by atoms with E-state index in [1.54, 1.807) is 18.2 Å². The molecule has 0 saturated heterocycles. The first-order valence-electron chi connectivity index (χ1n) is 5.60. The number of carboxylic acid groups (broad SMARTS) is 1. The second kappa shape index (κ2) is 7.15. The minimum atomic E-state index is -1.38. The summed E-state index contributed by atoms with van der Waals surface area (Å²) >= 11 is 0. The average molecular weight is 266 g/mol. The molecule has 1 aromatic rings. The van der Waals surface area contributed by atoms with E-state index < -0.39 is 23.8 Å². The lowest BCUT2D eigenvalue weighted by molar-refractivity contribution is -0.157. The average Bonchev–Trinajstić information content (AvgIpc) is 2.35. The van der Waals surface area contributed by atoms with Gasteiger partial charge in [0.1, 0.15) is 13.2 Å². The van der Waals surface area contributed by atoms with Crippen molar-refractivity contribution in [3.8, 4) is 0 Å². The molecular formula is C13H14O6. The van der Waals surface area contributed by atoms with Crippen molar-refractivity contribution in [2.45, 2.75) is 12.8 Å². The van der Waals surface area contributed by atoms with Crippen LogP contribution in [0.1, 0.15) is 18.4 Å². The van der Waals surface area contributed by atoms with E-state index in [0.29, 0.717) is 5.56 Å². The number of esters is 2. The van der Waals surface area contributed by atoms with Gasteiger partial charge in [-0.25, -0.2) is 0 Å². The first-order chi connectivity index (χ1) is 9.02. The van der Waals surface area contributed by atoms with Gasteiger partial charge < -0.3 is 14.6 Å². The van der Waals surface area contributed by atoms with E-state index >= 15 is 0 Å². The van der Waals surface area contributed by atoms with E-state index in [9.17, 15) is 14.4 Å². The minimum Gasteiger partial charge on any atom is -0.480 e. The van der Waals surface area contributed by atoms with E-state index in [2.05, 4.69) is 4.74 Å². The molecule has 0 spiro atoms. The van der Waals surface area contributed by atoms with E-state index in [0.717, 1.165) is 0 Å². The van der Waals surface area contributed by atoms with Gasteiger partial charge in [-0.05, 0) is 5.56 Å². The molecule has 0 heterocycles. The van der Waals surface area contributed by atoms with Gasteiger partial charge in [0, 0.05) is 6.92 Å². The number of hydrogen-bond acceptors (Lipinski definition) is 5. The van der Waals surface area contributed by atoms with Crippen molar-refractivity contribution in [2.24, 2.45) is 0 Å². The molecule has 0 aliphatic rings. The molecule has 0 saturated carbocycles. The van der Waals surface area contributed by atoms with Gasteiger partial charge in [0.05, 0.1) is 0 Å². The molecule has 0 amide bonds. The molecule has 1 N–H and O–H groups in total. The smallest absolute Gasteiger partial charge is 0.325 e. The summed E-state index contributed by atoms with van der Waals surface area (Å²) < 4.78 is 9.35. The SMILES string of the molecule is CC(=O)OCCOC(=O)C(C(=O)O)c1ccccc1. The number of rotatable bonds is 6. The molecule has 1 rings (SSSR count). The third kappa shape index (κ3) is 4.79. The van der Waals surface area contributed by atoms with Gasteiger partial charge >= 0.3 is 17.9 Å². The zero-order valence-electron chi connectivity index (χ0n) is 10.4. The van der Waals surface area contributed by atoms with Crippen molar-refractivity contribution in [2.75, 3.05) is 13.2 Å². The topological polar surface area (TPSA) is 89.9 Å². The molecule has 1 aromatic carbocycles. The maximum absolute atomic E-state index is 11.7. The summed E-state index contributed by atoms with van der Waals surface area (Å²) in [5, 5.41) is 9.06. The standard InChI is InChI=1S/C13H14O6/c1-9(14)18-7-8-19-13(17)11(12(15)16)10-5-3-2-4-6-10/h2-6,11H,7-8H2,1H3,(H,15,16). The molecule has 1 atom stereocenters. The Kier molecular flexibility index (Phi) is 5.53. The van der Waals surface area contributed by atoms with Crippen molar-refractivity contribution < 1.29 is 29.0 Å². The van der Waals surface area contributed by atoms with Crippen molar-refractivity contribution in [3.05, 3.63) is 35.9 Å². The normalized spacial score (nSPS) is 11.4. The van der Waals surface area contributed by atoms with Gasteiger partial charge in [-0.1, -0.05) is 30.3 Å². The molecule has 6 heteroatoms.